The zero-order chi connectivity index (χ0) is 8.39. The molecule has 0 saturated carbocycles. The number of hydrogen-bond donors (Lipinski definition) is 0. The Hall–Kier alpha value is -0.540. The summed E-state index contributed by atoms with van der Waals surface area (Å²) >= 11 is 5.61. The van der Waals surface area contributed by atoms with Crippen LogP contribution in [0.25, 0.3) is 0 Å². The molecule has 1 saturated heterocycles. The molecule has 0 radical (unpaired) electrons. The number of halogens is 1. The van der Waals surface area contributed by atoms with E-state index in [1.165, 1.54) is 0 Å². The highest BCUT2D eigenvalue weighted by Crippen LogP contribution is 2.25. The summed E-state index contributed by atoms with van der Waals surface area (Å²) in [5.41, 5.74) is 0.916. The zero-order valence-corrected chi connectivity index (χ0v) is 7.38. The first kappa shape index (κ1) is 8.08. The molecule has 12 heavy (non-hydrogen) atoms. The first-order chi connectivity index (χ1) is 5.86. The molecular formula is C8H10ClNO2. The third-order valence-corrected chi connectivity index (χ3v) is 2.26. The van der Waals surface area contributed by atoms with E-state index in [4.69, 9.17) is 20.9 Å². The predicted molar refractivity (Wildman–Crippen MR) is 44.3 cm³/mol. The molecule has 2 rings (SSSR count). The van der Waals surface area contributed by atoms with Crippen LogP contribution in [0.3, 0.4) is 0 Å². The third kappa shape index (κ3) is 1.62. The van der Waals surface area contributed by atoms with Gasteiger partial charge in [-0.05, 0) is 24.4 Å². The van der Waals surface area contributed by atoms with Gasteiger partial charge in [0.1, 0.15) is 0 Å². The summed E-state index contributed by atoms with van der Waals surface area (Å²) < 4.78 is 10.1. The van der Waals surface area contributed by atoms with Crippen LogP contribution in [-0.2, 0) is 4.74 Å². The fraction of sp³-hybridized carbons (Fsp3) is 0.625. The molecule has 0 spiro atoms. The van der Waals surface area contributed by atoms with E-state index in [0.29, 0.717) is 11.1 Å². The standard InChI is InChI=1S/C8H10ClNO2/c9-8-4-7(10-12-8)6-2-1-3-11-5-6/h4,6H,1-3,5H2. The summed E-state index contributed by atoms with van der Waals surface area (Å²) in [6, 6.07) is 1.76. The predicted octanol–water partition coefficient (Wildman–Crippen LogP) is 2.22. The Balaban J connectivity index is 2.08. The zero-order valence-electron chi connectivity index (χ0n) is 6.62. The lowest BCUT2D eigenvalue weighted by Crippen LogP contribution is -2.15. The minimum absolute atomic E-state index is 0.357. The summed E-state index contributed by atoms with van der Waals surface area (Å²) in [6.45, 7) is 1.60. The van der Waals surface area contributed by atoms with E-state index < -0.39 is 0 Å². The van der Waals surface area contributed by atoms with Crippen molar-refractivity contribution in [2.24, 2.45) is 0 Å². The molecule has 0 N–H and O–H groups in total. The Bertz CT molecular complexity index is 255. The van der Waals surface area contributed by atoms with Crippen molar-refractivity contribution in [1.82, 2.24) is 5.16 Å². The number of ether oxygens (including phenoxy) is 1. The van der Waals surface area contributed by atoms with Gasteiger partial charge in [0, 0.05) is 18.6 Å². The third-order valence-electron chi connectivity index (χ3n) is 2.08. The maximum Gasteiger partial charge on any atom is 0.226 e. The molecule has 1 aromatic rings. The van der Waals surface area contributed by atoms with E-state index >= 15 is 0 Å². The summed E-state index contributed by atoms with van der Waals surface area (Å²) in [5.74, 6) is 0.370. The van der Waals surface area contributed by atoms with Crippen molar-refractivity contribution >= 4 is 11.6 Å². The minimum atomic E-state index is 0.357. The molecule has 1 atom stereocenters. The molecule has 1 fully saturated rings. The normalized spacial score (nSPS) is 24.2. The van der Waals surface area contributed by atoms with Crippen molar-refractivity contribution < 1.29 is 9.26 Å². The maximum atomic E-state index is 5.61. The van der Waals surface area contributed by atoms with Crippen LogP contribution in [0.4, 0.5) is 0 Å². The molecule has 1 unspecified atom stereocenters. The van der Waals surface area contributed by atoms with Gasteiger partial charge in [-0.1, -0.05) is 5.16 Å². The smallest absolute Gasteiger partial charge is 0.226 e. The van der Waals surface area contributed by atoms with Crippen LogP contribution in [0.15, 0.2) is 10.6 Å². The van der Waals surface area contributed by atoms with Gasteiger partial charge in [0.2, 0.25) is 5.22 Å². The number of aromatic nitrogens is 1. The average molecular weight is 188 g/mol. The van der Waals surface area contributed by atoms with Gasteiger partial charge in [-0.3, -0.25) is 0 Å². The van der Waals surface area contributed by atoms with Crippen LogP contribution in [0.5, 0.6) is 0 Å². The highest BCUT2D eigenvalue weighted by molar-refractivity contribution is 6.28. The molecule has 4 heteroatoms. The van der Waals surface area contributed by atoms with Crippen LogP contribution >= 0.6 is 11.6 Å². The van der Waals surface area contributed by atoms with Crippen LogP contribution in [0.1, 0.15) is 24.5 Å². The summed E-state index contributed by atoms with van der Waals surface area (Å²) in [6.07, 6.45) is 2.21. The molecule has 0 aromatic carbocycles. The van der Waals surface area contributed by atoms with Gasteiger partial charge in [0.05, 0.1) is 12.3 Å². The number of hydrogen-bond acceptors (Lipinski definition) is 3. The Kier molecular flexibility index (Phi) is 2.33. The van der Waals surface area contributed by atoms with Crippen molar-refractivity contribution in [1.29, 1.82) is 0 Å². The van der Waals surface area contributed by atoms with Crippen molar-refractivity contribution in [3.8, 4) is 0 Å². The first-order valence-electron chi connectivity index (χ1n) is 4.06. The number of rotatable bonds is 1. The first-order valence-corrected chi connectivity index (χ1v) is 4.44. The van der Waals surface area contributed by atoms with Crippen LogP contribution < -0.4 is 0 Å². The molecule has 0 bridgehead atoms. The Morgan fingerprint density at radius 3 is 3.08 bits per heavy atom. The highest BCUT2D eigenvalue weighted by Gasteiger charge is 2.19. The fourth-order valence-electron chi connectivity index (χ4n) is 1.43. The van der Waals surface area contributed by atoms with Gasteiger partial charge >= 0.3 is 0 Å². The minimum Gasteiger partial charge on any atom is -0.381 e. The second-order valence-corrected chi connectivity index (χ2v) is 3.34. The maximum absolute atomic E-state index is 5.61. The monoisotopic (exact) mass is 187 g/mol. The van der Waals surface area contributed by atoms with Crippen LogP contribution in [0.2, 0.25) is 5.22 Å². The van der Waals surface area contributed by atoms with Gasteiger partial charge in [0.25, 0.3) is 0 Å². The van der Waals surface area contributed by atoms with Crippen molar-refractivity contribution in [2.45, 2.75) is 18.8 Å². The molecule has 3 nitrogen and oxygen atoms in total. The Labute approximate surface area is 75.6 Å². The fourth-order valence-corrected chi connectivity index (χ4v) is 1.58. The molecule has 1 aromatic heterocycles. The van der Waals surface area contributed by atoms with E-state index in [-0.39, 0.29) is 0 Å². The van der Waals surface area contributed by atoms with Gasteiger partial charge in [0.15, 0.2) is 0 Å². The van der Waals surface area contributed by atoms with Crippen molar-refractivity contribution in [2.75, 3.05) is 13.2 Å². The van der Waals surface area contributed by atoms with E-state index in [2.05, 4.69) is 5.16 Å². The molecule has 1 aliphatic rings. The quantitative estimate of drug-likeness (QED) is 0.676. The topological polar surface area (TPSA) is 35.3 Å². The largest absolute Gasteiger partial charge is 0.381 e. The number of nitrogens with zero attached hydrogens (tertiary/aromatic N) is 1. The van der Waals surface area contributed by atoms with Crippen LogP contribution in [-0.4, -0.2) is 18.4 Å². The summed E-state index contributed by atoms with van der Waals surface area (Å²) in [5, 5.41) is 4.21. The van der Waals surface area contributed by atoms with Gasteiger partial charge in [-0.2, -0.15) is 0 Å². The average Bonchev–Trinajstić information content (AvgIpc) is 2.54. The Morgan fingerprint density at radius 2 is 2.50 bits per heavy atom. The van der Waals surface area contributed by atoms with Crippen molar-refractivity contribution in [3.05, 3.63) is 17.0 Å². The van der Waals surface area contributed by atoms with Crippen molar-refractivity contribution in [3.63, 3.8) is 0 Å². The van der Waals surface area contributed by atoms with E-state index in [1.807, 2.05) is 0 Å². The Morgan fingerprint density at radius 1 is 1.58 bits per heavy atom. The van der Waals surface area contributed by atoms with E-state index in [0.717, 1.165) is 31.7 Å². The summed E-state index contributed by atoms with van der Waals surface area (Å²) in [7, 11) is 0. The van der Waals surface area contributed by atoms with E-state index in [9.17, 15) is 0 Å². The van der Waals surface area contributed by atoms with Gasteiger partial charge in [-0.25, -0.2) is 0 Å². The second kappa shape index (κ2) is 3.46. The summed E-state index contributed by atoms with van der Waals surface area (Å²) in [4.78, 5) is 0. The molecule has 1 aliphatic heterocycles. The lowest BCUT2D eigenvalue weighted by Gasteiger charge is -2.19. The SMILES string of the molecule is Clc1cc(C2CCCOC2)no1. The van der Waals surface area contributed by atoms with Gasteiger partial charge in [-0.15, -0.1) is 0 Å². The van der Waals surface area contributed by atoms with E-state index in [1.54, 1.807) is 6.07 Å². The lowest BCUT2D eigenvalue weighted by atomic mass is 9.99. The highest BCUT2D eigenvalue weighted by atomic mass is 35.5. The second-order valence-electron chi connectivity index (χ2n) is 2.97. The molecular weight excluding hydrogens is 178 g/mol. The molecule has 0 amide bonds. The molecule has 0 aliphatic carbocycles. The lowest BCUT2D eigenvalue weighted by molar-refractivity contribution is 0.0783. The molecule has 2 heterocycles. The molecule has 66 valence electrons. The van der Waals surface area contributed by atoms with Gasteiger partial charge < -0.3 is 9.26 Å². The van der Waals surface area contributed by atoms with Crippen LogP contribution in [0, 0.1) is 0 Å².